The number of rotatable bonds is 6. The Morgan fingerprint density at radius 2 is 1.94 bits per heavy atom. The zero-order valence-electron chi connectivity index (χ0n) is 10.9. The van der Waals surface area contributed by atoms with Gasteiger partial charge in [-0.2, -0.15) is 0 Å². The summed E-state index contributed by atoms with van der Waals surface area (Å²) in [4.78, 5) is 24.2. The fraction of sp³-hybridized carbons (Fsp3) is 0.818. The smallest absolute Gasteiger partial charge is 0.306 e. The van der Waals surface area contributed by atoms with E-state index in [1.165, 1.54) is 18.9 Å². The van der Waals surface area contributed by atoms with Crippen LogP contribution in [0.2, 0.25) is 0 Å². The van der Waals surface area contributed by atoms with Crippen LogP contribution in [-0.2, 0) is 24.2 Å². The van der Waals surface area contributed by atoms with Crippen LogP contribution < -0.4 is 0 Å². The number of carbonyl (C=O) groups excluding carboxylic acids is 2. The van der Waals surface area contributed by atoms with Crippen LogP contribution in [0.15, 0.2) is 0 Å². The van der Waals surface area contributed by atoms with Crippen LogP contribution in [0.3, 0.4) is 0 Å². The van der Waals surface area contributed by atoms with E-state index in [2.05, 4.69) is 4.74 Å². The first kappa shape index (κ1) is 14.9. The number of esters is 1. The molecule has 0 aromatic rings. The van der Waals surface area contributed by atoms with Crippen LogP contribution in [0.1, 0.15) is 26.2 Å². The first-order valence-corrected chi connectivity index (χ1v) is 7.53. The summed E-state index contributed by atoms with van der Waals surface area (Å²) < 4.78 is 28.2. The largest absolute Gasteiger partial charge is 0.469 e. The molecule has 18 heavy (non-hydrogen) atoms. The molecule has 1 amide bonds. The van der Waals surface area contributed by atoms with Crippen molar-refractivity contribution >= 4 is 21.7 Å². The third-order valence-electron chi connectivity index (χ3n) is 3.11. The number of carbonyl (C=O) groups is 2. The summed E-state index contributed by atoms with van der Waals surface area (Å²) in [7, 11) is -0.794. The molecule has 0 aromatic heterocycles. The molecule has 1 aliphatic rings. The van der Waals surface area contributed by atoms with Gasteiger partial charge in [-0.15, -0.1) is 0 Å². The van der Waals surface area contributed by atoms with Crippen LogP contribution in [0.25, 0.3) is 0 Å². The first-order valence-electron chi connectivity index (χ1n) is 5.82. The summed E-state index contributed by atoms with van der Waals surface area (Å²) in [5, 5.41) is -0.901. The fourth-order valence-electron chi connectivity index (χ4n) is 1.53. The summed E-state index contributed by atoms with van der Waals surface area (Å²) in [5.41, 5.74) is 0. The number of methoxy groups -OCH3 is 1. The molecule has 0 bridgehead atoms. The van der Waals surface area contributed by atoms with Crippen molar-refractivity contribution in [3.63, 3.8) is 0 Å². The Kier molecular flexibility index (Phi) is 4.72. The van der Waals surface area contributed by atoms with E-state index in [1.54, 1.807) is 7.05 Å². The maximum atomic E-state index is 11.9. The first-order chi connectivity index (χ1) is 8.27. The quantitative estimate of drug-likeness (QED) is 0.637. The summed E-state index contributed by atoms with van der Waals surface area (Å²) in [5.74, 6) is -1.54. The summed E-state index contributed by atoms with van der Waals surface area (Å²) in [6.45, 7) is 1.41. The third-order valence-corrected chi connectivity index (χ3v) is 5.15. The molecular formula is C11H19NO5S. The minimum absolute atomic E-state index is 0.184. The van der Waals surface area contributed by atoms with Crippen molar-refractivity contribution in [1.82, 2.24) is 4.90 Å². The normalized spacial score (nSPS) is 17.1. The van der Waals surface area contributed by atoms with Crippen molar-refractivity contribution in [2.24, 2.45) is 0 Å². The Morgan fingerprint density at radius 1 is 1.39 bits per heavy atom. The minimum Gasteiger partial charge on any atom is -0.469 e. The molecule has 104 valence electrons. The van der Waals surface area contributed by atoms with Gasteiger partial charge in [-0.25, -0.2) is 8.42 Å². The molecule has 0 spiro atoms. The Hall–Kier alpha value is -1.11. The van der Waals surface area contributed by atoms with Gasteiger partial charge in [0.05, 0.1) is 18.8 Å². The lowest BCUT2D eigenvalue weighted by Gasteiger charge is -2.18. The van der Waals surface area contributed by atoms with Gasteiger partial charge in [0.1, 0.15) is 5.75 Å². The van der Waals surface area contributed by atoms with Crippen molar-refractivity contribution in [3.8, 4) is 0 Å². The topological polar surface area (TPSA) is 80.8 Å². The summed E-state index contributed by atoms with van der Waals surface area (Å²) >= 11 is 0. The van der Waals surface area contributed by atoms with Crippen LogP contribution in [-0.4, -0.2) is 56.4 Å². The van der Waals surface area contributed by atoms with E-state index in [-0.39, 0.29) is 12.5 Å². The zero-order chi connectivity index (χ0) is 13.9. The van der Waals surface area contributed by atoms with Crippen molar-refractivity contribution in [2.75, 3.05) is 19.9 Å². The van der Waals surface area contributed by atoms with Gasteiger partial charge in [0.15, 0.2) is 9.84 Å². The highest BCUT2D eigenvalue weighted by atomic mass is 32.2. The molecule has 7 heteroatoms. The van der Waals surface area contributed by atoms with E-state index in [1.807, 2.05) is 0 Å². The Balaban J connectivity index is 2.57. The van der Waals surface area contributed by atoms with Crippen LogP contribution in [0, 0.1) is 0 Å². The molecule has 1 saturated carbocycles. The Bertz CT molecular complexity index is 427. The molecule has 0 aliphatic heterocycles. The molecule has 0 radical (unpaired) electrons. The highest BCUT2D eigenvalue weighted by molar-refractivity contribution is 7.92. The molecule has 0 saturated heterocycles. The average Bonchev–Trinajstić information content (AvgIpc) is 3.10. The molecule has 1 unspecified atom stereocenters. The second-order valence-electron chi connectivity index (χ2n) is 4.63. The second-order valence-corrected chi connectivity index (χ2v) is 7.05. The number of amides is 1. The third kappa shape index (κ3) is 3.97. The number of hydrogen-bond acceptors (Lipinski definition) is 5. The van der Waals surface area contributed by atoms with Crippen LogP contribution in [0.5, 0.6) is 0 Å². The van der Waals surface area contributed by atoms with E-state index in [0.29, 0.717) is 0 Å². The number of nitrogens with zero attached hydrogens (tertiary/aromatic N) is 1. The van der Waals surface area contributed by atoms with E-state index in [4.69, 9.17) is 0 Å². The fourth-order valence-corrected chi connectivity index (χ4v) is 2.75. The van der Waals surface area contributed by atoms with Crippen molar-refractivity contribution in [3.05, 3.63) is 0 Å². The van der Waals surface area contributed by atoms with E-state index in [0.717, 1.165) is 12.8 Å². The van der Waals surface area contributed by atoms with Crippen molar-refractivity contribution in [2.45, 2.75) is 37.5 Å². The molecule has 1 atom stereocenters. The van der Waals surface area contributed by atoms with Gasteiger partial charge in [0.2, 0.25) is 5.91 Å². The Morgan fingerprint density at radius 3 is 2.39 bits per heavy atom. The molecule has 0 heterocycles. The SMILES string of the molecule is COC(=O)CC(C)S(=O)(=O)CC(=O)N(C)C1CC1. The lowest BCUT2D eigenvalue weighted by molar-refractivity contribution is -0.140. The van der Waals surface area contributed by atoms with Gasteiger partial charge < -0.3 is 9.64 Å². The Labute approximate surface area is 107 Å². The second kappa shape index (κ2) is 5.69. The van der Waals surface area contributed by atoms with Crippen LogP contribution in [0.4, 0.5) is 0 Å². The van der Waals surface area contributed by atoms with Crippen molar-refractivity contribution < 1.29 is 22.7 Å². The minimum atomic E-state index is -3.61. The van der Waals surface area contributed by atoms with Gasteiger partial charge in [-0.3, -0.25) is 9.59 Å². The van der Waals surface area contributed by atoms with Crippen LogP contribution >= 0.6 is 0 Å². The lowest BCUT2D eigenvalue weighted by atomic mass is 10.3. The standard InChI is InChI=1S/C11H19NO5S/c1-8(6-11(14)17-3)18(15,16)7-10(13)12(2)9-4-5-9/h8-9H,4-7H2,1-3H3. The number of sulfone groups is 1. The predicted molar refractivity (Wildman–Crippen MR) is 65.7 cm³/mol. The maximum Gasteiger partial charge on any atom is 0.306 e. The van der Waals surface area contributed by atoms with E-state index in [9.17, 15) is 18.0 Å². The van der Waals surface area contributed by atoms with Gasteiger partial charge in [0, 0.05) is 13.1 Å². The number of ether oxygens (including phenoxy) is 1. The molecule has 0 N–H and O–H groups in total. The molecule has 0 aromatic carbocycles. The van der Waals surface area contributed by atoms with Gasteiger partial charge in [0.25, 0.3) is 0 Å². The molecule has 1 rings (SSSR count). The lowest BCUT2D eigenvalue weighted by Crippen LogP contribution is -2.37. The van der Waals surface area contributed by atoms with E-state index < -0.39 is 32.7 Å². The van der Waals surface area contributed by atoms with E-state index >= 15 is 0 Å². The molecule has 6 nitrogen and oxygen atoms in total. The highest BCUT2D eigenvalue weighted by Crippen LogP contribution is 2.25. The van der Waals surface area contributed by atoms with Gasteiger partial charge >= 0.3 is 5.97 Å². The van der Waals surface area contributed by atoms with Gasteiger partial charge in [-0.1, -0.05) is 0 Å². The number of hydrogen-bond donors (Lipinski definition) is 0. The summed E-state index contributed by atoms with van der Waals surface area (Å²) in [6, 6.07) is 0.184. The zero-order valence-corrected chi connectivity index (χ0v) is 11.7. The molecular weight excluding hydrogens is 258 g/mol. The molecule has 1 fully saturated rings. The highest BCUT2D eigenvalue weighted by Gasteiger charge is 2.33. The van der Waals surface area contributed by atoms with Crippen molar-refractivity contribution in [1.29, 1.82) is 0 Å². The average molecular weight is 277 g/mol. The maximum absolute atomic E-state index is 11.9. The molecule has 1 aliphatic carbocycles. The van der Waals surface area contributed by atoms with Gasteiger partial charge in [-0.05, 0) is 19.8 Å². The summed E-state index contributed by atoms with van der Waals surface area (Å²) in [6.07, 6.45) is 1.64. The monoisotopic (exact) mass is 277 g/mol. The predicted octanol–water partition coefficient (Wildman–Crippen LogP) is -0.0264.